The molecule has 2 aliphatic rings. The summed E-state index contributed by atoms with van der Waals surface area (Å²) in [6, 6.07) is 13.1. The molecule has 0 aliphatic heterocycles. The van der Waals surface area contributed by atoms with Crippen molar-refractivity contribution in [2.45, 2.75) is 4.90 Å². The van der Waals surface area contributed by atoms with Crippen molar-refractivity contribution < 1.29 is 0 Å². The highest BCUT2D eigenvalue weighted by Gasteiger charge is 2.06. The Morgan fingerprint density at radius 2 is 1.60 bits per heavy atom. The monoisotopic (exact) mass is 217 g/mol. The molecule has 0 aromatic carbocycles. The lowest BCUT2D eigenvalue weighted by Crippen LogP contribution is -2.07. The number of anilines is 1. The topological polar surface area (TPSA) is 3.24 Å². The van der Waals surface area contributed by atoms with Gasteiger partial charge in [-0.05, 0) is 35.6 Å². The lowest BCUT2D eigenvalue weighted by Gasteiger charge is -2.09. The van der Waals surface area contributed by atoms with Crippen LogP contribution in [0.3, 0.4) is 0 Å². The van der Waals surface area contributed by atoms with E-state index in [4.69, 9.17) is 0 Å². The molecule has 0 amide bonds. The van der Waals surface area contributed by atoms with Crippen molar-refractivity contribution in [3.63, 3.8) is 0 Å². The fourth-order valence-corrected chi connectivity index (χ4v) is 2.30. The van der Waals surface area contributed by atoms with Gasteiger partial charge in [0, 0.05) is 24.7 Å². The average molecular weight is 217 g/mol. The van der Waals surface area contributed by atoms with E-state index in [1.54, 1.807) is 11.8 Å². The molecule has 2 aliphatic carbocycles. The third-order valence-corrected chi connectivity index (χ3v) is 3.38. The van der Waals surface area contributed by atoms with Crippen molar-refractivity contribution in [3.05, 3.63) is 36.4 Å². The Morgan fingerprint density at radius 1 is 0.933 bits per heavy atom. The SMILES string of the molecule is CSc1ccc2ccc(N(C)C)ccc1-2. The van der Waals surface area contributed by atoms with Crippen LogP contribution < -0.4 is 4.90 Å². The van der Waals surface area contributed by atoms with Crippen molar-refractivity contribution in [1.29, 1.82) is 0 Å². The summed E-state index contributed by atoms with van der Waals surface area (Å²) in [4.78, 5) is 3.48. The molecule has 0 fully saturated rings. The largest absolute Gasteiger partial charge is 0.378 e. The maximum Gasteiger partial charge on any atom is 0.0361 e. The quantitative estimate of drug-likeness (QED) is 0.707. The maximum atomic E-state index is 2.20. The van der Waals surface area contributed by atoms with Gasteiger partial charge in [0.2, 0.25) is 0 Å². The smallest absolute Gasteiger partial charge is 0.0361 e. The number of hydrogen-bond donors (Lipinski definition) is 0. The molecule has 0 heterocycles. The Morgan fingerprint density at radius 3 is 2.27 bits per heavy atom. The average Bonchev–Trinajstić information content (AvgIpc) is 2.48. The van der Waals surface area contributed by atoms with Crippen LogP contribution in [-0.4, -0.2) is 20.4 Å². The summed E-state index contributed by atoms with van der Waals surface area (Å²) in [7, 11) is 4.13. The van der Waals surface area contributed by atoms with E-state index in [0.29, 0.717) is 0 Å². The summed E-state index contributed by atoms with van der Waals surface area (Å²) in [6.07, 6.45) is 2.12. The molecular formula is C13H15NS. The van der Waals surface area contributed by atoms with Crippen molar-refractivity contribution in [2.75, 3.05) is 25.3 Å². The highest BCUT2D eigenvalue weighted by atomic mass is 32.2. The molecule has 0 radical (unpaired) electrons. The number of rotatable bonds is 2. The van der Waals surface area contributed by atoms with Crippen molar-refractivity contribution >= 4 is 17.4 Å². The molecule has 1 nitrogen and oxygen atoms in total. The second kappa shape index (κ2) is 4.15. The molecule has 15 heavy (non-hydrogen) atoms. The summed E-state index contributed by atoms with van der Waals surface area (Å²) >= 11 is 1.80. The minimum absolute atomic E-state index is 1.23. The van der Waals surface area contributed by atoms with Crippen LogP contribution in [0, 0.1) is 0 Å². The van der Waals surface area contributed by atoms with Gasteiger partial charge in [-0.1, -0.05) is 18.2 Å². The Labute approximate surface area is 95.4 Å². The normalized spacial score (nSPS) is 10.6. The second-order valence-corrected chi connectivity index (χ2v) is 4.60. The van der Waals surface area contributed by atoms with E-state index in [0.717, 1.165) is 0 Å². The fourth-order valence-electron chi connectivity index (χ4n) is 1.69. The summed E-state index contributed by atoms with van der Waals surface area (Å²) in [5.41, 5.74) is 3.89. The zero-order chi connectivity index (χ0) is 10.8. The first-order valence-electron chi connectivity index (χ1n) is 4.96. The number of hydrogen-bond acceptors (Lipinski definition) is 2. The Balaban J connectivity index is 2.55. The highest BCUT2D eigenvalue weighted by molar-refractivity contribution is 7.98. The number of nitrogens with zero attached hydrogens (tertiary/aromatic N) is 1. The first-order chi connectivity index (χ1) is 7.22. The van der Waals surface area contributed by atoms with Gasteiger partial charge < -0.3 is 4.90 Å². The van der Waals surface area contributed by atoms with Gasteiger partial charge in [0.1, 0.15) is 0 Å². The van der Waals surface area contributed by atoms with E-state index in [9.17, 15) is 0 Å². The van der Waals surface area contributed by atoms with Crippen LogP contribution in [0.2, 0.25) is 0 Å². The van der Waals surface area contributed by atoms with Crippen LogP contribution in [0.25, 0.3) is 11.1 Å². The molecule has 78 valence electrons. The van der Waals surface area contributed by atoms with Crippen LogP contribution >= 0.6 is 11.8 Å². The van der Waals surface area contributed by atoms with Crippen molar-refractivity contribution in [1.82, 2.24) is 0 Å². The predicted molar refractivity (Wildman–Crippen MR) is 69.2 cm³/mol. The third kappa shape index (κ3) is 1.95. The standard InChI is InChI=1S/C13H15NS/c1-14(2)11-6-4-10-5-9-13(15-3)12(10)8-7-11/h4-9H,1-3H3. The van der Waals surface area contributed by atoms with E-state index in [2.05, 4.69) is 61.6 Å². The van der Waals surface area contributed by atoms with Crippen LogP contribution in [0.4, 0.5) is 5.69 Å². The van der Waals surface area contributed by atoms with Gasteiger partial charge in [0.15, 0.2) is 0 Å². The van der Waals surface area contributed by atoms with Crippen LogP contribution in [-0.2, 0) is 0 Å². The zero-order valence-corrected chi connectivity index (χ0v) is 10.1. The van der Waals surface area contributed by atoms with Gasteiger partial charge in [-0.2, -0.15) is 0 Å². The lowest BCUT2D eigenvalue weighted by molar-refractivity contribution is 1.14. The van der Waals surface area contributed by atoms with E-state index in [1.807, 2.05) is 0 Å². The Hall–Kier alpha value is -1.15. The first kappa shape index (κ1) is 10.4. The number of thioether (sulfide) groups is 1. The molecule has 0 atom stereocenters. The van der Waals surface area contributed by atoms with E-state index >= 15 is 0 Å². The molecule has 0 N–H and O–H groups in total. The molecule has 0 saturated heterocycles. The fraction of sp³-hybridized carbons (Fsp3) is 0.231. The summed E-state index contributed by atoms with van der Waals surface area (Å²) in [5.74, 6) is 0. The molecule has 0 aromatic rings. The van der Waals surface area contributed by atoms with Crippen molar-refractivity contribution in [2.24, 2.45) is 0 Å². The molecule has 0 spiro atoms. The van der Waals surface area contributed by atoms with E-state index in [1.165, 1.54) is 21.7 Å². The Kier molecular flexibility index (Phi) is 2.87. The van der Waals surface area contributed by atoms with Gasteiger partial charge in [-0.3, -0.25) is 0 Å². The molecule has 0 saturated carbocycles. The molecule has 2 rings (SSSR count). The zero-order valence-electron chi connectivity index (χ0n) is 9.32. The lowest BCUT2D eigenvalue weighted by atomic mass is 10.2. The molecule has 2 heteroatoms. The Bertz CT molecular complexity index is 437. The molecular weight excluding hydrogens is 202 g/mol. The van der Waals surface area contributed by atoms with Crippen LogP contribution in [0.15, 0.2) is 41.3 Å². The minimum Gasteiger partial charge on any atom is -0.378 e. The van der Waals surface area contributed by atoms with Crippen LogP contribution in [0.5, 0.6) is 0 Å². The predicted octanol–water partition coefficient (Wildman–Crippen LogP) is 3.58. The molecule has 0 unspecified atom stereocenters. The number of fused-ring (bicyclic) bond motifs is 1. The van der Waals surface area contributed by atoms with Gasteiger partial charge in [-0.15, -0.1) is 11.8 Å². The molecule has 0 bridgehead atoms. The maximum absolute atomic E-state index is 2.20. The highest BCUT2D eigenvalue weighted by Crippen LogP contribution is 2.33. The minimum atomic E-state index is 1.23. The third-order valence-electron chi connectivity index (χ3n) is 2.58. The summed E-state index contributed by atoms with van der Waals surface area (Å²) in [5, 5.41) is 0. The van der Waals surface area contributed by atoms with E-state index in [-0.39, 0.29) is 0 Å². The van der Waals surface area contributed by atoms with Gasteiger partial charge in [0.05, 0.1) is 0 Å². The van der Waals surface area contributed by atoms with Gasteiger partial charge in [-0.25, -0.2) is 0 Å². The van der Waals surface area contributed by atoms with Gasteiger partial charge >= 0.3 is 0 Å². The van der Waals surface area contributed by atoms with Crippen LogP contribution in [0.1, 0.15) is 0 Å². The summed E-state index contributed by atoms with van der Waals surface area (Å²) < 4.78 is 0. The van der Waals surface area contributed by atoms with Crippen molar-refractivity contribution in [3.8, 4) is 11.1 Å². The summed E-state index contributed by atoms with van der Waals surface area (Å²) in [6.45, 7) is 0. The second-order valence-electron chi connectivity index (χ2n) is 3.76. The van der Waals surface area contributed by atoms with E-state index < -0.39 is 0 Å². The van der Waals surface area contributed by atoms with Gasteiger partial charge in [0.25, 0.3) is 0 Å². The molecule has 0 aromatic heterocycles. The first-order valence-corrected chi connectivity index (χ1v) is 6.19.